The van der Waals surface area contributed by atoms with Crippen LogP contribution in [0.3, 0.4) is 0 Å². The van der Waals surface area contributed by atoms with Crippen LogP contribution in [0.25, 0.3) is 33.4 Å². The van der Waals surface area contributed by atoms with E-state index in [1.165, 1.54) is 24.3 Å². The van der Waals surface area contributed by atoms with Gasteiger partial charge in [0.05, 0.1) is 44.8 Å². The van der Waals surface area contributed by atoms with Crippen LogP contribution >= 0.6 is 0 Å². The third-order valence-electron chi connectivity index (χ3n) is 9.08. The van der Waals surface area contributed by atoms with E-state index in [9.17, 15) is 19.2 Å². The minimum absolute atomic E-state index is 0.00333. The van der Waals surface area contributed by atoms with Crippen molar-refractivity contribution in [3.63, 3.8) is 0 Å². The maximum atomic E-state index is 15.7. The van der Waals surface area contributed by atoms with Crippen molar-refractivity contribution in [2.75, 3.05) is 21.3 Å². The quantitative estimate of drug-likeness (QED) is 0.107. The Morgan fingerprint density at radius 2 is 0.654 bits per heavy atom. The molecular formula is C40H22F4N4O4. The second-order valence-corrected chi connectivity index (χ2v) is 12.2. The van der Waals surface area contributed by atoms with Crippen LogP contribution in [-0.2, 0) is 0 Å². The zero-order chi connectivity index (χ0) is 36.6. The number of nitrogens with two attached hydrogens (primary N) is 2. The Bertz CT molecular complexity index is 2350. The lowest BCUT2D eigenvalue weighted by molar-refractivity contribution is 0.0910. The summed E-state index contributed by atoms with van der Waals surface area (Å²) in [7, 11) is 0. The van der Waals surface area contributed by atoms with Gasteiger partial charge in [-0.15, -0.1) is 0 Å². The Labute approximate surface area is 292 Å². The molecule has 52 heavy (non-hydrogen) atoms. The van der Waals surface area contributed by atoms with E-state index in [4.69, 9.17) is 11.5 Å². The van der Waals surface area contributed by atoms with Gasteiger partial charge in [-0.2, -0.15) is 0 Å². The highest BCUT2D eigenvalue weighted by Crippen LogP contribution is 2.40. The largest absolute Gasteiger partial charge is 0.399 e. The number of benzene rings is 6. The molecule has 4 amide bonds. The fourth-order valence-corrected chi connectivity index (χ4v) is 6.52. The Balaban J connectivity index is 1.10. The van der Waals surface area contributed by atoms with Crippen molar-refractivity contribution in [1.29, 1.82) is 0 Å². The van der Waals surface area contributed by atoms with Gasteiger partial charge < -0.3 is 11.5 Å². The van der Waals surface area contributed by atoms with Crippen molar-refractivity contribution in [3.05, 3.63) is 155 Å². The lowest BCUT2D eigenvalue weighted by atomic mass is 10.00. The molecule has 254 valence electrons. The van der Waals surface area contributed by atoms with Crippen LogP contribution in [0.15, 0.2) is 109 Å². The average Bonchev–Trinajstić information content (AvgIpc) is 3.52. The topological polar surface area (TPSA) is 127 Å². The van der Waals surface area contributed by atoms with Gasteiger partial charge in [0.15, 0.2) is 0 Å². The first kappa shape index (κ1) is 32.1. The molecule has 0 bridgehead atoms. The van der Waals surface area contributed by atoms with Crippen LogP contribution in [0.2, 0.25) is 0 Å². The highest BCUT2D eigenvalue weighted by molar-refractivity contribution is 6.35. The first-order valence-electron chi connectivity index (χ1n) is 15.7. The number of anilines is 4. The second-order valence-electron chi connectivity index (χ2n) is 12.2. The highest BCUT2D eigenvalue weighted by Gasteiger charge is 2.40. The average molecular weight is 699 g/mol. The van der Waals surface area contributed by atoms with E-state index in [1.54, 1.807) is 60.7 Å². The van der Waals surface area contributed by atoms with Crippen LogP contribution in [0.5, 0.6) is 0 Å². The van der Waals surface area contributed by atoms with Crippen LogP contribution in [0.1, 0.15) is 41.4 Å². The van der Waals surface area contributed by atoms with E-state index >= 15 is 17.6 Å². The number of halogens is 4. The molecule has 2 aliphatic heterocycles. The first-order valence-corrected chi connectivity index (χ1v) is 15.7. The summed E-state index contributed by atoms with van der Waals surface area (Å²) in [6.07, 6.45) is 0. The normalized spacial score (nSPS) is 13.6. The number of hydrogen-bond acceptors (Lipinski definition) is 6. The molecule has 0 aliphatic carbocycles. The molecular weight excluding hydrogens is 676 g/mol. The summed E-state index contributed by atoms with van der Waals surface area (Å²) in [6.45, 7) is 0. The highest BCUT2D eigenvalue weighted by atomic mass is 19.1. The third-order valence-corrected chi connectivity index (χ3v) is 9.08. The number of amides is 4. The molecule has 8 rings (SSSR count). The zero-order valence-electron chi connectivity index (χ0n) is 26.6. The summed E-state index contributed by atoms with van der Waals surface area (Å²) in [5.41, 5.74) is 11.9. The molecule has 2 aliphatic rings. The minimum atomic E-state index is -1.48. The van der Waals surface area contributed by atoms with Gasteiger partial charge in [-0.3, -0.25) is 19.2 Å². The Hall–Kier alpha value is -7.08. The number of carbonyl (C=O) groups excluding carboxylic acids is 4. The maximum absolute atomic E-state index is 15.7. The fraction of sp³-hybridized carbons (Fsp3) is 0. The molecule has 6 aromatic carbocycles. The van der Waals surface area contributed by atoms with Crippen molar-refractivity contribution >= 4 is 46.4 Å². The van der Waals surface area contributed by atoms with Gasteiger partial charge in [0.2, 0.25) is 0 Å². The molecule has 8 nitrogen and oxygen atoms in total. The van der Waals surface area contributed by atoms with E-state index in [0.29, 0.717) is 67.7 Å². The molecule has 0 saturated carbocycles. The SMILES string of the molecule is Nc1ccc(-c2ccc3c(c2)C(=O)N(c2cc(F)c(-c4c(F)cc(N5C(=O)c6ccc(-c7ccc(N)cc7)cc6C5=O)cc4F)c(F)c2)C3=O)cc1. The third kappa shape index (κ3) is 4.99. The van der Waals surface area contributed by atoms with E-state index in [0.717, 1.165) is 0 Å². The molecule has 0 aromatic heterocycles. The number of rotatable bonds is 5. The number of hydrogen-bond donors (Lipinski definition) is 2. The minimum Gasteiger partial charge on any atom is -0.399 e. The van der Waals surface area contributed by atoms with E-state index in [-0.39, 0.29) is 22.3 Å². The van der Waals surface area contributed by atoms with Gasteiger partial charge in [-0.1, -0.05) is 36.4 Å². The molecule has 12 heteroatoms. The summed E-state index contributed by atoms with van der Waals surface area (Å²) in [5, 5.41) is 0. The summed E-state index contributed by atoms with van der Waals surface area (Å²) in [6, 6.07) is 25.1. The number of carbonyl (C=O) groups is 4. The molecule has 4 N–H and O–H groups in total. The molecule has 0 spiro atoms. The lowest BCUT2D eigenvalue weighted by Gasteiger charge is -2.18. The lowest BCUT2D eigenvalue weighted by Crippen LogP contribution is -2.30. The van der Waals surface area contributed by atoms with E-state index in [2.05, 4.69) is 0 Å². The van der Waals surface area contributed by atoms with Gasteiger partial charge >= 0.3 is 0 Å². The molecule has 0 fully saturated rings. The second kappa shape index (κ2) is 11.8. The Morgan fingerprint density at radius 1 is 0.365 bits per heavy atom. The molecule has 0 saturated heterocycles. The Morgan fingerprint density at radius 3 is 0.981 bits per heavy atom. The monoisotopic (exact) mass is 698 g/mol. The summed E-state index contributed by atoms with van der Waals surface area (Å²) < 4.78 is 62.6. The van der Waals surface area contributed by atoms with Gasteiger partial charge in [0, 0.05) is 11.4 Å². The number of imide groups is 2. The van der Waals surface area contributed by atoms with Crippen LogP contribution < -0.4 is 21.3 Å². The van der Waals surface area contributed by atoms with Crippen LogP contribution in [0.4, 0.5) is 40.3 Å². The molecule has 0 atom stereocenters. The van der Waals surface area contributed by atoms with Crippen molar-refractivity contribution in [3.8, 4) is 33.4 Å². The Kier molecular flexibility index (Phi) is 7.27. The van der Waals surface area contributed by atoms with Gasteiger partial charge in [0.25, 0.3) is 23.6 Å². The fourth-order valence-electron chi connectivity index (χ4n) is 6.52. The first-order chi connectivity index (χ1) is 24.9. The zero-order valence-corrected chi connectivity index (χ0v) is 26.6. The summed E-state index contributed by atoms with van der Waals surface area (Å²) >= 11 is 0. The molecule has 2 heterocycles. The van der Waals surface area contributed by atoms with E-state index in [1.807, 2.05) is 0 Å². The van der Waals surface area contributed by atoms with Crippen molar-refractivity contribution in [1.82, 2.24) is 0 Å². The summed E-state index contributed by atoms with van der Waals surface area (Å²) in [4.78, 5) is 54.4. The van der Waals surface area contributed by atoms with Crippen molar-refractivity contribution in [2.45, 2.75) is 0 Å². The number of nitrogen functional groups attached to an aromatic ring is 2. The number of nitrogens with zero attached hydrogens (tertiary/aromatic N) is 2. The predicted molar refractivity (Wildman–Crippen MR) is 187 cm³/mol. The smallest absolute Gasteiger partial charge is 0.266 e. The molecule has 0 radical (unpaired) electrons. The standard InChI is InChI=1S/C40H22F4N4O4/c41-31-15-25(47-37(49)27-11-5-21(13-29(27)39(47)51)19-1-7-23(45)8-2-19)16-32(42)35(31)36-33(43)17-26(18-34(36)44)48-38(50)28-12-6-22(14-30(28)40(48)52)20-3-9-24(46)10-4-20/h1-18H,45-46H2. The van der Waals surface area contributed by atoms with Crippen molar-refractivity contribution < 1.29 is 36.7 Å². The molecule has 6 aromatic rings. The van der Waals surface area contributed by atoms with Crippen molar-refractivity contribution in [2.24, 2.45) is 0 Å². The summed E-state index contributed by atoms with van der Waals surface area (Å²) in [5.74, 6) is -9.31. The van der Waals surface area contributed by atoms with Crippen LogP contribution in [-0.4, -0.2) is 23.6 Å². The maximum Gasteiger partial charge on any atom is 0.266 e. The van der Waals surface area contributed by atoms with Crippen LogP contribution in [0, 0.1) is 23.3 Å². The van der Waals surface area contributed by atoms with E-state index < -0.39 is 69.4 Å². The van der Waals surface area contributed by atoms with Gasteiger partial charge in [-0.05, 0) is 95.1 Å². The molecule has 0 unspecified atom stereocenters. The predicted octanol–water partition coefficient (Wildman–Crippen LogP) is 8.01. The number of fused-ring (bicyclic) bond motifs is 2. The van der Waals surface area contributed by atoms with Gasteiger partial charge in [0.1, 0.15) is 23.3 Å². The van der Waals surface area contributed by atoms with Gasteiger partial charge in [-0.25, -0.2) is 27.4 Å².